The molecule has 1 unspecified atom stereocenters. The molecule has 1 aromatic rings. The molecule has 0 radical (unpaired) electrons. The molecule has 0 spiro atoms. The Morgan fingerprint density at radius 3 is 2.93 bits per heavy atom. The van der Waals surface area contributed by atoms with E-state index in [4.69, 9.17) is 11.6 Å². The van der Waals surface area contributed by atoms with Crippen molar-refractivity contribution in [2.24, 2.45) is 0 Å². The lowest BCUT2D eigenvalue weighted by Crippen LogP contribution is -2.29. The average Bonchev–Trinajstić information content (AvgIpc) is 2.26. The maximum atomic E-state index is 13.9. The summed E-state index contributed by atoms with van der Waals surface area (Å²) < 4.78 is 14.7. The number of halogens is 3. The second kappa shape index (κ2) is 4.81. The highest BCUT2D eigenvalue weighted by atomic mass is 79.9. The summed E-state index contributed by atoms with van der Waals surface area (Å²) in [6, 6.07) is 3.40. The van der Waals surface area contributed by atoms with Crippen molar-refractivity contribution >= 4 is 27.5 Å². The Bertz CT molecular complexity index is 364. The van der Waals surface area contributed by atoms with E-state index in [-0.39, 0.29) is 16.8 Å². The summed E-state index contributed by atoms with van der Waals surface area (Å²) in [5.41, 5.74) is 0.717. The van der Waals surface area contributed by atoms with E-state index in [9.17, 15) is 4.39 Å². The van der Waals surface area contributed by atoms with Crippen LogP contribution in [-0.2, 0) is 0 Å². The Balaban J connectivity index is 2.36. The van der Waals surface area contributed by atoms with E-state index in [0.29, 0.717) is 0 Å². The van der Waals surface area contributed by atoms with Gasteiger partial charge in [0.25, 0.3) is 0 Å². The third-order valence-corrected chi connectivity index (χ3v) is 3.77. The van der Waals surface area contributed by atoms with Crippen LogP contribution in [0.5, 0.6) is 0 Å². The minimum absolute atomic E-state index is 0.207. The van der Waals surface area contributed by atoms with Crippen molar-refractivity contribution in [1.82, 2.24) is 5.32 Å². The molecule has 1 aliphatic rings. The lowest BCUT2D eigenvalue weighted by atomic mass is 9.91. The molecule has 1 saturated heterocycles. The summed E-state index contributed by atoms with van der Waals surface area (Å²) in [4.78, 5) is 0. The number of hydrogen-bond acceptors (Lipinski definition) is 1. The fourth-order valence-corrected chi connectivity index (χ4v) is 2.81. The molecule has 2 rings (SSSR count). The molecular formula is C11H12BrClFN. The summed E-state index contributed by atoms with van der Waals surface area (Å²) >= 11 is 9.18. The molecule has 82 valence electrons. The molecule has 1 fully saturated rings. The van der Waals surface area contributed by atoms with Crippen molar-refractivity contribution in [2.45, 2.75) is 18.8 Å². The smallest absolute Gasteiger partial charge is 0.146 e. The lowest BCUT2D eigenvalue weighted by Gasteiger charge is -2.24. The molecule has 0 saturated carbocycles. The summed E-state index contributed by atoms with van der Waals surface area (Å²) in [7, 11) is 0. The molecule has 0 amide bonds. The number of piperidine rings is 1. The molecule has 0 aliphatic carbocycles. The lowest BCUT2D eigenvalue weighted by molar-refractivity contribution is 0.445. The summed E-state index contributed by atoms with van der Waals surface area (Å²) in [5, 5.41) is 3.48. The molecule has 15 heavy (non-hydrogen) atoms. The van der Waals surface area contributed by atoms with E-state index in [1.165, 1.54) is 0 Å². The van der Waals surface area contributed by atoms with Crippen molar-refractivity contribution in [3.63, 3.8) is 0 Å². The van der Waals surface area contributed by atoms with Gasteiger partial charge in [0.05, 0.1) is 5.02 Å². The standard InChI is InChI=1S/C11H12BrClFN/c12-8-3-4-9(13)11(14)10(8)7-2-1-5-15-6-7/h3-4,7,15H,1-2,5-6H2. The third-order valence-electron chi connectivity index (χ3n) is 2.78. The zero-order valence-electron chi connectivity index (χ0n) is 8.19. The van der Waals surface area contributed by atoms with Gasteiger partial charge in [-0.15, -0.1) is 0 Å². The number of hydrogen-bond donors (Lipinski definition) is 1. The number of benzene rings is 1. The van der Waals surface area contributed by atoms with E-state index in [1.807, 2.05) is 6.07 Å². The highest BCUT2D eigenvalue weighted by Crippen LogP contribution is 2.34. The van der Waals surface area contributed by atoms with Crippen LogP contribution in [0.15, 0.2) is 16.6 Å². The fourth-order valence-electron chi connectivity index (χ4n) is 2.02. The van der Waals surface area contributed by atoms with E-state index >= 15 is 0 Å². The van der Waals surface area contributed by atoms with Crippen LogP contribution in [0, 0.1) is 5.82 Å². The van der Waals surface area contributed by atoms with Crippen LogP contribution >= 0.6 is 27.5 Å². The monoisotopic (exact) mass is 291 g/mol. The first-order valence-corrected chi connectivity index (χ1v) is 6.21. The van der Waals surface area contributed by atoms with Gasteiger partial charge >= 0.3 is 0 Å². The maximum Gasteiger partial charge on any atom is 0.146 e. The Hall–Kier alpha value is -0.120. The Morgan fingerprint density at radius 1 is 1.47 bits per heavy atom. The largest absolute Gasteiger partial charge is 0.316 e. The van der Waals surface area contributed by atoms with Gasteiger partial charge in [-0.3, -0.25) is 0 Å². The Labute approximate surface area is 102 Å². The van der Waals surface area contributed by atoms with Crippen LogP contribution in [0.3, 0.4) is 0 Å². The van der Waals surface area contributed by atoms with Crippen molar-refractivity contribution in [1.29, 1.82) is 0 Å². The normalized spacial score (nSPS) is 21.7. The van der Waals surface area contributed by atoms with Crippen molar-refractivity contribution in [3.05, 3.63) is 33.0 Å². The number of nitrogens with one attached hydrogen (secondary N) is 1. The van der Waals surface area contributed by atoms with E-state index in [2.05, 4.69) is 21.2 Å². The van der Waals surface area contributed by atoms with Gasteiger partial charge in [-0.2, -0.15) is 0 Å². The quantitative estimate of drug-likeness (QED) is 0.778. The third kappa shape index (κ3) is 2.35. The van der Waals surface area contributed by atoms with Crippen LogP contribution < -0.4 is 5.32 Å². The SMILES string of the molecule is Fc1c(Cl)ccc(Br)c1C1CCCNC1. The van der Waals surface area contributed by atoms with Gasteiger partial charge in [-0.25, -0.2) is 4.39 Å². The van der Waals surface area contributed by atoms with Crippen LogP contribution in [-0.4, -0.2) is 13.1 Å². The molecule has 1 heterocycles. The highest BCUT2D eigenvalue weighted by Gasteiger charge is 2.22. The molecule has 0 bridgehead atoms. The van der Waals surface area contributed by atoms with E-state index in [0.717, 1.165) is 36.0 Å². The maximum absolute atomic E-state index is 13.9. The first-order valence-electron chi connectivity index (χ1n) is 5.04. The zero-order chi connectivity index (χ0) is 10.8. The van der Waals surface area contributed by atoms with Crippen LogP contribution in [0.2, 0.25) is 5.02 Å². The van der Waals surface area contributed by atoms with Gasteiger partial charge in [0, 0.05) is 22.5 Å². The second-order valence-electron chi connectivity index (χ2n) is 3.80. The minimum atomic E-state index is -0.278. The summed E-state index contributed by atoms with van der Waals surface area (Å²) in [6.07, 6.45) is 2.10. The first-order chi connectivity index (χ1) is 7.20. The van der Waals surface area contributed by atoms with Gasteiger partial charge in [0.15, 0.2) is 0 Å². The highest BCUT2D eigenvalue weighted by molar-refractivity contribution is 9.10. The minimum Gasteiger partial charge on any atom is -0.316 e. The summed E-state index contributed by atoms with van der Waals surface area (Å²) in [6.45, 7) is 1.85. The van der Waals surface area contributed by atoms with Crippen molar-refractivity contribution in [3.8, 4) is 0 Å². The average molecular weight is 293 g/mol. The molecule has 1 nitrogen and oxygen atoms in total. The van der Waals surface area contributed by atoms with E-state index in [1.54, 1.807) is 6.07 Å². The van der Waals surface area contributed by atoms with Gasteiger partial charge in [-0.05, 0) is 31.5 Å². The molecule has 0 aromatic heterocycles. The first kappa shape index (κ1) is 11.4. The number of rotatable bonds is 1. The van der Waals surface area contributed by atoms with Gasteiger partial charge < -0.3 is 5.32 Å². The van der Waals surface area contributed by atoms with Crippen LogP contribution in [0.4, 0.5) is 4.39 Å². The van der Waals surface area contributed by atoms with Gasteiger partial charge in [0.2, 0.25) is 0 Å². The molecule has 4 heteroatoms. The second-order valence-corrected chi connectivity index (χ2v) is 5.06. The Morgan fingerprint density at radius 2 is 2.27 bits per heavy atom. The van der Waals surface area contributed by atoms with Crippen LogP contribution in [0.1, 0.15) is 24.3 Å². The van der Waals surface area contributed by atoms with Gasteiger partial charge in [0.1, 0.15) is 5.82 Å². The Kier molecular flexibility index (Phi) is 3.65. The van der Waals surface area contributed by atoms with E-state index < -0.39 is 0 Å². The van der Waals surface area contributed by atoms with Crippen molar-refractivity contribution < 1.29 is 4.39 Å². The molecule has 1 aromatic carbocycles. The predicted octanol–water partition coefficient (Wildman–Crippen LogP) is 3.71. The molecular weight excluding hydrogens is 280 g/mol. The van der Waals surface area contributed by atoms with Crippen LogP contribution in [0.25, 0.3) is 0 Å². The topological polar surface area (TPSA) is 12.0 Å². The molecule has 1 aliphatic heterocycles. The zero-order valence-corrected chi connectivity index (χ0v) is 10.5. The molecule has 1 atom stereocenters. The fraction of sp³-hybridized carbons (Fsp3) is 0.455. The predicted molar refractivity (Wildman–Crippen MR) is 64.0 cm³/mol. The van der Waals surface area contributed by atoms with Gasteiger partial charge in [-0.1, -0.05) is 27.5 Å². The summed E-state index contributed by atoms with van der Waals surface area (Å²) in [5.74, 6) is -0.0495. The molecule has 1 N–H and O–H groups in total. The van der Waals surface area contributed by atoms with Crippen molar-refractivity contribution in [2.75, 3.05) is 13.1 Å².